The van der Waals surface area contributed by atoms with E-state index in [1.807, 2.05) is 24.3 Å². The fourth-order valence-electron chi connectivity index (χ4n) is 3.31. The highest BCUT2D eigenvalue weighted by atomic mass is 16.5. The molecule has 0 aliphatic heterocycles. The van der Waals surface area contributed by atoms with Crippen LogP contribution >= 0.6 is 0 Å². The standard InChI is InChI=1S/C20H23N3O4/c1-27-17-7-3-2-6-16(17)23-18-15(5-4-12-21-18)19(24)22-14-10-8-13(9-11-14)20(25)26/h2-7,12-14H,8-11H2,1H3,(H,21,23)(H,22,24)(H,25,26). The summed E-state index contributed by atoms with van der Waals surface area (Å²) in [5.74, 6) is -0.186. The fourth-order valence-corrected chi connectivity index (χ4v) is 3.31. The number of aliphatic carboxylic acids is 1. The Balaban J connectivity index is 1.70. The van der Waals surface area contributed by atoms with Crippen molar-refractivity contribution in [3.63, 3.8) is 0 Å². The number of para-hydroxylation sites is 2. The highest BCUT2D eigenvalue weighted by Gasteiger charge is 2.27. The molecule has 0 unspecified atom stereocenters. The Kier molecular flexibility index (Phi) is 5.90. The number of carbonyl (C=O) groups excluding carboxylic acids is 1. The lowest BCUT2D eigenvalue weighted by atomic mass is 9.86. The van der Waals surface area contributed by atoms with Crippen LogP contribution in [-0.4, -0.2) is 35.1 Å². The summed E-state index contributed by atoms with van der Waals surface area (Å²) in [5.41, 5.74) is 1.15. The van der Waals surface area contributed by atoms with Crippen LogP contribution < -0.4 is 15.4 Å². The predicted molar refractivity (Wildman–Crippen MR) is 101 cm³/mol. The number of carboxylic acid groups (broad SMARTS) is 1. The molecule has 2 aromatic rings. The maximum atomic E-state index is 12.8. The monoisotopic (exact) mass is 369 g/mol. The minimum Gasteiger partial charge on any atom is -0.495 e. The number of pyridine rings is 1. The third-order valence-corrected chi connectivity index (χ3v) is 4.82. The molecule has 1 fully saturated rings. The van der Waals surface area contributed by atoms with Gasteiger partial charge >= 0.3 is 5.97 Å². The molecular weight excluding hydrogens is 346 g/mol. The minimum atomic E-state index is -0.754. The molecule has 1 aliphatic rings. The van der Waals surface area contributed by atoms with Crippen molar-refractivity contribution in [1.29, 1.82) is 0 Å². The number of nitrogens with one attached hydrogen (secondary N) is 2. The molecule has 7 nitrogen and oxygen atoms in total. The van der Waals surface area contributed by atoms with Crippen molar-refractivity contribution >= 4 is 23.4 Å². The van der Waals surface area contributed by atoms with Crippen LogP contribution in [0.25, 0.3) is 0 Å². The van der Waals surface area contributed by atoms with E-state index in [2.05, 4.69) is 15.6 Å². The molecule has 1 heterocycles. The number of methoxy groups -OCH3 is 1. The van der Waals surface area contributed by atoms with Gasteiger partial charge in [-0.15, -0.1) is 0 Å². The van der Waals surface area contributed by atoms with E-state index in [-0.39, 0.29) is 17.9 Å². The van der Waals surface area contributed by atoms with Crippen LogP contribution in [0.2, 0.25) is 0 Å². The number of amides is 1. The first-order valence-corrected chi connectivity index (χ1v) is 8.97. The van der Waals surface area contributed by atoms with Crippen molar-refractivity contribution < 1.29 is 19.4 Å². The maximum absolute atomic E-state index is 12.8. The molecule has 1 saturated carbocycles. The summed E-state index contributed by atoms with van der Waals surface area (Å²) in [5, 5.41) is 15.3. The van der Waals surface area contributed by atoms with E-state index in [1.165, 1.54) is 0 Å². The largest absolute Gasteiger partial charge is 0.495 e. The number of carboxylic acids is 1. The summed E-state index contributed by atoms with van der Waals surface area (Å²) in [7, 11) is 1.58. The first-order valence-electron chi connectivity index (χ1n) is 8.97. The van der Waals surface area contributed by atoms with Crippen molar-refractivity contribution in [2.75, 3.05) is 12.4 Å². The smallest absolute Gasteiger partial charge is 0.306 e. The van der Waals surface area contributed by atoms with Crippen LogP contribution in [-0.2, 0) is 4.79 Å². The summed E-state index contributed by atoms with van der Waals surface area (Å²) in [6.45, 7) is 0. The summed E-state index contributed by atoms with van der Waals surface area (Å²) < 4.78 is 5.33. The van der Waals surface area contributed by atoms with Crippen molar-refractivity contribution in [2.24, 2.45) is 5.92 Å². The first-order chi connectivity index (χ1) is 13.1. The number of anilines is 2. The first kappa shape index (κ1) is 18.7. The van der Waals surface area contributed by atoms with Gasteiger partial charge in [0.25, 0.3) is 5.91 Å². The number of rotatable bonds is 6. The molecule has 7 heteroatoms. The van der Waals surface area contributed by atoms with Gasteiger partial charge in [0, 0.05) is 12.2 Å². The minimum absolute atomic E-state index is 0.0209. The second kappa shape index (κ2) is 8.53. The third-order valence-electron chi connectivity index (χ3n) is 4.82. The SMILES string of the molecule is COc1ccccc1Nc1ncccc1C(=O)NC1CCC(C(=O)O)CC1. The Labute approximate surface area is 157 Å². The van der Waals surface area contributed by atoms with Gasteiger partial charge in [-0.3, -0.25) is 9.59 Å². The van der Waals surface area contributed by atoms with Crippen molar-refractivity contribution in [3.8, 4) is 5.75 Å². The summed E-state index contributed by atoms with van der Waals surface area (Å²) in [6, 6.07) is 10.8. The van der Waals surface area contributed by atoms with E-state index >= 15 is 0 Å². The van der Waals surface area contributed by atoms with Crippen LogP contribution in [0, 0.1) is 5.92 Å². The van der Waals surface area contributed by atoms with E-state index in [0.29, 0.717) is 42.8 Å². The Morgan fingerprint density at radius 2 is 1.85 bits per heavy atom. The van der Waals surface area contributed by atoms with Gasteiger partial charge in [-0.2, -0.15) is 0 Å². The summed E-state index contributed by atoms with van der Waals surface area (Å²) in [4.78, 5) is 28.1. The number of hydrogen-bond acceptors (Lipinski definition) is 5. The zero-order chi connectivity index (χ0) is 19.2. The second-order valence-corrected chi connectivity index (χ2v) is 6.59. The quantitative estimate of drug-likeness (QED) is 0.723. The van der Waals surface area contributed by atoms with Gasteiger partial charge in [-0.25, -0.2) is 4.98 Å². The highest BCUT2D eigenvalue weighted by molar-refractivity contribution is 5.99. The molecule has 3 rings (SSSR count). The average Bonchev–Trinajstić information content (AvgIpc) is 2.69. The van der Waals surface area contributed by atoms with Crippen LogP contribution in [0.4, 0.5) is 11.5 Å². The van der Waals surface area contributed by atoms with Crippen LogP contribution in [0.5, 0.6) is 5.75 Å². The number of hydrogen-bond donors (Lipinski definition) is 3. The maximum Gasteiger partial charge on any atom is 0.306 e. The van der Waals surface area contributed by atoms with Crippen molar-refractivity contribution in [1.82, 2.24) is 10.3 Å². The zero-order valence-corrected chi connectivity index (χ0v) is 15.1. The van der Waals surface area contributed by atoms with Crippen LogP contribution in [0.1, 0.15) is 36.0 Å². The molecule has 27 heavy (non-hydrogen) atoms. The van der Waals surface area contributed by atoms with Gasteiger partial charge in [0.2, 0.25) is 0 Å². The zero-order valence-electron chi connectivity index (χ0n) is 15.1. The molecule has 3 N–H and O–H groups in total. The lowest BCUT2D eigenvalue weighted by Gasteiger charge is -2.27. The average molecular weight is 369 g/mol. The Morgan fingerprint density at radius 3 is 2.56 bits per heavy atom. The van der Waals surface area contributed by atoms with Gasteiger partial charge in [0.15, 0.2) is 0 Å². The van der Waals surface area contributed by atoms with Gasteiger partial charge in [0.05, 0.1) is 24.3 Å². The van der Waals surface area contributed by atoms with Gasteiger partial charge < -0.3 is 20.5 Å². The molecule has 0 radical (unpaired) electrons. The van der Waals surface area contributed by atoms with Crippen LogP contribution in [0.15, 0.2) is 42.6 Å². The van der Waals surface area contributed by atoms with Gasteiger partial charge in [-0.1, -0.05) is 12.1 Å². The number of benzene rings is 1. The highest BCUT2D eigenvalue weighted by Crippen LogP contribution is 2.28. The van der Waals surface area contributed by atoms with Gasteiger partial charge in [-0.05, 0) is 49.9 Å². The fraction of sp³-hybridized carbons (Fsp3) is 0.350. The van der Waals surface area contributed by atoms with E-state index < -0.39 is 5.97 Å². The predicted octanol–water partition coefficient (Wildman–Crippen LogP) is 3.21. The number of nitrogens with zero attached hydrogens (tertiary/aromatic N) is 1. The number of aromatic nitrogens is 1. The molecule has 1 aliphatic carbocycles. The molecule has 0 saturated heterocycles. The van der Waals surface area contributed by atoms with E-state index in [4.69, 9.17) is 9.84 Å². The normalized spacial score (nSPS) is 19.1. The molecular formula is C20H23N3O4. The summed E-state index contributed by atoms with van der Waals surface area (Å²) in [6.07, 6.45) is 4.11. The lowest BCUT2D eigenvalue weighted by Crippen LogP contribution is -2.39. The molecule has 142 valence electrons. The topological polar surface area (TPSA) is 101 Å². The molecule has 1 aromatic carbocycles. The molecule has 1 aromatic heterocycles. The van der Waals surface area contributed by atoms with E-state index in [0.717, 1.165) is 5.69 Å². The number of carbonyl (C=O) groups is 2. The number of ether oxygens (including phenoxy) is 1. The van der Waals surface area contributed by atoms with Crippen molar-refractivity contribution in [2.45, 2.75) is 31.7 Å². The molecule has 0 spiro atoms. The molecule has 0 bridgehead atoms. The van der Waals surface area contributed by atoms with E-state index in [9.17, 15) is 9.59 Å². The third kappa shape index (κ3) is 4.55. The lowest BCUT2D eigenvalue weighted by molar-refractivity contribution is -0.142. The Bertz CT molecular complexity index is 816. The van der Waals surface area contributed by atoms with E-state index in [1.54, 1.807) is 25.4 Å². The molecule has 1 amide bonds. The second-order valence-electron chi connectivity index (χ2n) is 6.59. The Morgan fingerprint density at radius 1 is 1.11 bits per heavy atom. The van der Waals surface area contributed by atoms with Crippen LogP contribution in [0.3, 0.4) is 0 Å². The molecule has 0 atom stereocenters. The summed E-state index contributed by atoms with van der Waals surface area (Å²) >= 11 is 0. The Hall–Kier alpha value is -3.09. The van der Waals surface area contributed by atoms with Gasteiger partial charge in [0.1, 0.15) is 11.6 Å². The van der Waals surface area contributed by atoms with Crippen molar-refractivity contribution in [3.05, 3.63) is 48.2 Å².